The van der Waals surface area contributed by atoms with E-state index in [4.69, 9.17) is 11.6 Å². The number of hydrogen-bond acceptors (Lipinski definition) is 5. The molecule has 10 heteroatoms. The van der Waals surface area contributed by atoms with Crippen LogP contribution in [0.5, 0.6) is 0 Å². The van der Waals surface area contributed by atoms with Gasteiger partial charge in [-0.2, -0.15) is 0 Å². The molecule has 0 aliphatic carbocycles. The van der Waals surface area contributed by atoms with E-state index in [2.05, 4.69) is 0 Å². The van der Waals surface area contributed by atoms with Gasteiger partial charge < -0.3 is 4.90 Å². The minimum atomic E-state index is -3.71. The van der Waals surface area contributed by atoms with Gasteiger partial charge in [0, 0.05) is 24.4 Å². The summed E-state index contributed by atoms with van der Waals surface area (Å²) in [6.45, 7) is 0.526. The van der Waals surface area contributed by atoms with Gasteiger partial charge in [-0.25, -0.2) is 21.2 Å². The predicted octanol–water partition coefficient (Wildman–Crippen LogP) is 3.21. The maximum atomic E-state index is 13.7. The van der Waals surface area contributed by atoms with Crippen molar-refractivity contribution in [1.29, 1.82) is 0 Å². The number of halogens is 2. The zero-order chi connectivity index (χ0) is 22.1. The number of benzene rings is 2. The number of rotatable bonds is 5. The van der Waals surface area contributed by atoms with Crippen molar-refractivity contribution in [3.63, 3.8) is 0 Å². The van der Waals surface area contributed by atoms with Crippen molar-refractivity contribution < 1.29 is 26.0 Å². The second-order valence-electron chi connectivity index (χ2n) is 7.38. The smallest absolute Gasteiger partial charge is 0.255 e. The van der Waals surface area contributed by atoms with Crippen LogP contribution in [0.1, 0.15) is 23.2 Å². The van der Waals surface area contributed by atoms with Crippen LogP contribution in [0.2, 0.25) is 5.02 Å². The van der Waals surface area contributed by atoms with Gasteiger partial charge in [-0.1, -0.05) is 11.6 Å². The van der Waals surface area contributed by atoms with Crippen LogP contribution < -0.4 is 0 Å². The third kappa shape index (κ3) is 5.19. The maximum absolute atomic E-state index is 13.7. The molecule has 1 saturated heterocycles. The number of carbonyl (C=O) groups is 1. The van der Waals surface area contributed by atoms with Gasteiger partial charge in [0.05, 0.1) is 21.1 Å². The van der Waals surface area contributed by atoms with Crippen LogP contribution in [0, 0.1) is 11.7 Å². The normalized spacial score (nSPS) is 15.9. The Labute approximate surface area is 180 Å². The van der Waals surface area contributed by atoms with Crippen molar-refractivity contribution in [2.75, 3.05) is 25.1 Å². The Bertz CT molecular complexity index is 1160. The highest BCUT2D eigenvalue weighted by molar-refractivity contribution is 7.91. The van der Waals surface area contributed by atoms with Gasteiger partial charge in [0.15, 0.2) is 19.7 Å². The monoisotopic (exact) mass is 473 g/mol. The van der Waals surface area contributed by atoms with E-state index in [1.807, 2.05) is 0 Å². The van der Waals surface area contributed by atoms with E-state index >= 15 is 0 Å². The second-order valence-corrected chi connectivity index (χ2v) is 11.8. The first-order valence-corrected chi connectivity index (χ1v) is 13.2. The van der Waals surface area contributed by atoms with Gasteiger partial charge in [0.1, 0.15) is 5.82 Å². The molecule has 0 aromatic heterocycles. The van der Waals surface area contributed by atoms with Crippen molar-refractivity contribution in [3.05, 3.63) is 58.9 Å². The highest BCUT2D eigenvalue weighted by atomic mass is 35.5. The van der Waals surface area contributed by atoms with E-state index in [9.17, 15) is 26.0 Å². The average Bonchev–Trinajstić information content (AvgIpc) is 2.67. The van der Waals surface area contributed by atoms with Crippen LogP contribution in [0.4, 0.5) is 4.39 Å². The topological polar surface area (TPSA) is 88.6 Å². The number of piperidine rings is 1. The highest BCUT2D eigenvalue weighted by Crippen LogP contribution is 2.26. The molecule has 0 saturated carbocycles. The largest absolute Gasteiger partial charge is 0.339 e. The SMILES string of the molecule is CS(=O)(=O)c1ccc(F)cc1C(=O)N1CCC(CS(=O)(=O)c2ccc(Cl)cc2)CC1. The van der Waals surface area contributed by atoms with Crippen molar-refractivity contribution in [2.45, 2.75) is 22.6 Å². The zero-order valence-electron chi connectivity index (χ0n) is 16.2. The molecule has 1 heterocycles. The summed E-state index contributed by atoms with van der Waals surface area (Å²) in [5.74, 6) is -1.47. The van der Waals surface area contributed by atoms with Crippen LogP contribution in [0.15, 0.2) is 52.3 Å². The quantitative estimate of drug-likeness (QED) is 0.622. The third-order valence-electron chi connectivity index (χ3n) is 5.10. The number of nitrogens with zero attached hydrogens (tertiary/aromatic N) is 1. The molecule has 1 amide bonds. The molecule has 162 valence electrons. The van der Waals surface area contributed by atoms with Crippen LogP contribution in [-0.2, 0) is 19.7 Å². The molecule has 3 rings (SSSR count). The molecule has 6 nitrogen and oxygen atoms in total. The van der Waals surface area contributed by atoms with Gasteiger partial charge in [-0.3, -0.25) is 4.79 Å². The lowest BCUT2D eigenvalue weighted by Crippen LogP contribution is -2.40. The van der Waals surface area contributed by atoms with Crippen molar-refractivity contribution >= 4 is 37.2 Å². The van der Waals surface area contributed by atoms with Crippen molar-refractivity contribution in [2.24, 2.45) is 5.92 Å². The summed E-state index contributed by atoms with van der Waals surface area (Å²) in [5, 5.41) is 0.451. The first-order chi connectivity index (χ1) is 14.0. The molecule has 0 N–H and O–H groups in total. The molecule has 1 aliphatic heterocycles. The predicted molar refractivity (Wildman–Crippen MR) is 112 cm³/mol. The Morgan fingerprint density at radius 1 is 1.07 bits per heavy atom. The van der Waals surface area contributed by atoms with E-state index in [-0.39, 0.29) is 40.1 Å². The number of hydrogen-bond donors (Lipinski definition) is 0. The second kappa shape index (κ2) is 8.64. The fraction of sp³-hybridized carbons (Fsp3) is 0.350. The summed E-state index contributed by atoms with van der Waals surface area (Å²) < 4.78 is 62.8. The molecule has 0 bridgehead atoms. The van der Waals surface area contributed by atoms with Gasteiger partial charge in [0.25, 0.3) is 5.91 Å². The van der Waals surface area contributed by atoms with E-state index < -0.39 is 31.4 Å². The van der Waals surface area contributed by atoms with E-state index in [1.54, 1.807) is 0 Å². The first kappa shape index (κ1) is 22.7. The van der Waals surface area contributed by atoms with Crippen LogP contribution in [0.3, 0.4) is 0 Å². The van der Waals surface area contributed by atoms with E-state index in [1.165, 1.54) is 29.2 Å². The van der Waals surface area contributed by atoms with Gasteiger partial charge >= 0.3 is 0 Å². The molecule has 0 atom stereocenters. The molecule has 0 spiro atoms. The Balaban J connectivity index is 1.70. The molecule has 2 aromatic carbocycles. The summed E-state index contributed by atoms with van der Waals surface area (Å²) >= 11 is 5.81. The minimum absolute atomic E-state index is 0.0504. The Hall–Kier alpha value is -1.97. The van der Waals surface area contributed by atoms with Gasteiger partial charge in [0.2, 0.25) is 0 Å². The summed E-state index contributed by atoms with van der Waals surface area (Å²) in [5.41, 5.74) is -0.204. The fourth-order valence-electron chi connectivity index (χ4n) is 3.51. The molecule has 0 radical (unpaired) electrons. The number of amides is 1. The first-order valence-electron chi connectivity index (χ1n) is 9.24. The maximum Gasteiger partial charge on any atom is 0.255 e. The van der Waals surface area contributed by atoms with Gasteiger partial charge in [-0.05, 0) is 61.2 Å². The number of carbonyl (C=O) groups excluding carboxylic acids is 1. The van der Waals surface area contributed by atoms with Crippen LogP contribution in [-0.4, -0.2) is 52.7 Å². The molecule has 1 fully saturated rings. The fourth-order valence-corrected chi connectivity index (χ4v) is 6.20. The Morgan fingerprint density at radius 2 is 1.67 bits per heavy atom. The van der Waals surface area contributed by atoms with E-state index in [0.29, 0.717) is 17.9 Å². The van der Waals surface area contributed by atoms with Crippen molar-refractivity contribution in [1.82, 2.24) is 4.90 Å². The highest BCUT2D eigenvalue weighted by Gasteiger charge is 2.30. The summed E-state index contributed by atoms with van der Waals surface area (Å²) in [6, 6.07) is 8.99. The summed E-state index contributed by atoms with van der Waals surface area (Å²) in [6.07, 6.45) is 1.86. The molecule has 2 aromatic rings. The minimum Gasteiger partial charge on any atom is -0.339 e. The molecule has 1 aliphatic rings. The van der Waals surface area contributed by atoms with E-state index in [0.717, 1.165) is 24.5 Å². The Morgan fingerprint density at radius 3 is 2.23 bits per heavy atom. The van der Waals surface area contributed by atoms with Crippen LogP contribution >= 0.6 is 11.6 Å². The molecular weight excluding hydrogens is 453 g/mol. The lowest BCUT2D eigenvalue weighted by molar-refractivity contribution is 0.0694. The molecular formula is C20H21ClFNO5S2. The zero-order valence-corrected chi connectivity index (χ0v) is 18.6. The summed E-state index contributed by atoms with van der Waals surface area (Å²) in [4.78, 5) is 14.2. The van der Waals surface area contributed by atoms with Crippen molar-refractivity contribution in [3.8, 4) is 0 Å². The average molecular weight is 474 g/mol. The molecule has 0 unspecified atom stereocenters. The summed E-state index contributed by atoms with van der Waals surface area (Å²) in [7, 11) is -7.19. The molecule has 30 heavy (non-hydrogen) atoms. The standard InChI is InChI=1S/C20H21ClFNO5S2/c1-29(25,26)19-7-4-16(22)12-18(19)20(24)23-10-8-14(9-11-23)13-30(27,28)17-5-2-15(21)3-6-17/h2-7,12,14H,8-11,13H2,1H3. The number of sulfone groups is 2. The van der Waals surface area contributed by atoms with Gasteiger partial charge in [-0.15, -0.1) is 0 Å². The third-order valence-corrected chi connectivity index (χ3v) is 8.41. The lowest BCUT2D eigenvalue weighted by Gasteiger charge is -2.32. The lowest BCUT2D eigenvalue weighted by atomic mass is 9.98. The van der Waals surface area contributed by atoms with Crippen LogP contribution in [0.25, 0.3) is 0 Å². The Kier molecular flexibility index (Phi) is 6.54. The number of likely N-dealkylation sites (tertiary alicyclic amines) is 1.